The lowest BCUT2D eigenvalue weighted by atomic mass is 9.99. The van der Waals surface area contributed by atoms with Crippen LogP contribution in [0, 0.1) is 17.8 Å². The molecule has 1 aliphatic carbocycles. The zero-order valence-electron chi connectivity index (χ0n) is 8.08. The quantitative estimate of drug-likeness (QED) is 0.579. The number of hydrogen-bond donors (Lipinski definition) is 0. The molecule has 0 N–H and O–H groups in total. The first-order valence-corrected chi connectivity index (χ1v) is 4.88. The van der Waals surface area contributed by atoms with E-state index < -0.39 is 0 Å². The van der Waals surface area contributed by atoms with Gasteiger partial charge in [0.1, 0.15) is 0 Å². The van der Waals surface area contributed by atoms with Gasteiger partial charge in [0, 0.05) is 19.5 Å². The third-order valence-electron chi connectivity index (χ3n) is 3.29. The molecule has 2 rings (SSSR count). The van der Waals surface area contributed by atoms with E-state index in [1.807, 2.05) is 0 Å². The Labute approximate surface area is 73.9 Å². The molecule has 2 fully saturated rings. The Balaban J connectivity index is 2.11. The van der Waals surface area contributed by atoms with Crippen molar-refractivity contribution in [2.24, 2.45) is 17.8 Å². The number of rotatable bonds is 1. The minimum absolute atomic E-state index is 0.265. The number of fused-ring (bicyclic) bond motifs is 1. The highest BCUT2D eigenvalue weighted by Gasteiger charge is 2.53. The summed E-state index contributed by atoms with van der Waals surface area (Å²) in [6.45, 7) is 7.17. The van der Waals surface area contributed by atoms with Crippen LogP contribution in [0.2, 0.25) is 0 Å². The van der Waals surface area contributed by atoms with Gasteiger partial charge in [-0.1, -0.05) is 13.8 Å². The summed E-state index contributed by atoms with van der Waals surface area (Å²) in [5, 5.41) is 0. The molecule has 3 atom stereocenters. The second-order valence-electron chi connectivity index (χ2n) is 4.57. The van der Waals surface area contributed by atoms with Crippen LogP contribution in [0.3, 0.4) is 0 Å². The number of nitrogens with zero attached hydrogens (tertiary/aromatic N) is 1. The zero-order chi connectivity index (χ0) is 8.88. The van der Waals surface area contributed by atoms with Gasteiger partial charge < -0.3 is 4.90 Å². The van der Waals surface area contributed by atoms with E-state index in [2.05, 4.69) is 18.7 Å². The van der Waals surface area contributed by atoms with Crippen molar-refractivity contribution in [3.05, 3.63) is 0 Å². The number of piperidine rings is 1. The van der Waals surface area contributed by atoms with E-state index in [0.29, 0.717) is 12.0 Å². The van der Waals surface area contributed by atoms with Gasteiger partial charge in [-0.05, 0) is 24.2 Å². The van der Waals surface area contributed by atoms with Crippen LogP contribution in [0.4, 0.5) is 0 Å². The van der Waals surface area contributed by atoms with E-state index in [0.717, 1.165) is 18.4 Å². The monoisotopic (exact) mass is 167 g/mol. The van der Waals surface area contributed by atoms with Crippen molar-refractivity contribution >= 4 is 5.91 Å². The van der Waals surface area contributed by atoms with Crippen molar-refractivity contribution in [1.82, 2.24) is 4.90 Å². The van der Waals surface area contributed by atoms with Crippen LogP contribution in [0.5, 0.6) is 0 Å². The molecule has 12 heavy (non-hydrogen) atoms. The molecule has 1 amide bonds. The third kappa shape index (κ3) is 1.05. The maximum Gasteiger partial charge on any atom is 0.219 e. The van der Waals surface area contributed by atoms with Crippen molar-refractivity contribution in [2.45, 2.75) is 33.2 Å². The van der Waals surface area contributed by atoms with E-state index in [-0.39, 0.29) is 5.91 Å². The Bertz CT molecular complexity index is 212. The highest BCUT2D eigenvalue weighted by atomic mass is 16.2. The molecular weight excluding hydrogens is 150 g/mol. The highest BCUT2D eigenvalue weighted by Crippen LogP contribution is 2.51. The summed E-state index contributed by atoms with van der Waals surface area (Å²) < 4.78 is 0. The predicted molar refractivity (Wildman–Crippen MR) is 47.6 cm³/mol. The van der Waals surface area contributed by atoms with Crippen LogP contribution in [0.1, 0.15) is 27.2 Å². The Morgan fingerprint density at radius 2 is 2.17 bits per heavy atom. The zero-order valence-corrected chi connectivity index (χ0v) is 8.08. The van der Waals surface area contributed by atoms with E-state index >= 15 is 0 Å². The second kappa shape index (κ2) is 2.48. The van der Waals surface area contributed by atoms with Crippen molar-refractivity contribution in [3.63, 3.8) is 0 Å². The third-order valence-corrected chi connectivity index (χ3v) is 3.29. The topological polar surface area (TPSA) is 20.3 Å². The van der Waals surface area contributed by atoms with Crippen molar-refractivity contribution in [1.29, 1.82) is 0 Å². The molecule has 2 heteroatoms. The van der Waals surface area contributed by atoms with E-state index in [1.54, 1.807) is 6.92 Å². The first-order valence-electron chi connectivity index (χ1n) is 4.88. The van der Waals surface area contributed by atoms with Gasteiger partial charge >= 0.3 is 0 Å². The summed E-state index contributed by atoms with van der Waals surface area (Å²) in [6.07, 6.45) is 1.37. The van der Waals surface area contributed by atoms with E-state index in [1.165, 1.54) is 6.42 Å². The SMILES string of the molecule is CC(=O)N1CC2CC2C1C(C)C. The molecule has 0 aromatic rings. The lowest BCUT2D eigenvalue weighted by molar-refractivity contribution is -0.131. The fourth-order valence-corrected chi connectivity index (χ4v) is 2.70. The highest BCUT2D eigenvalue weighted by molar-refractivity contribution is 5.74. The summed E-state index contributed by atoms with van der Waals surface area (Å²) in [5.74, 6) is 2.59. The molecule has 0 radical (unpaired) electrons. The lowest BCUT2D eigenvalue weighted by Crippen LogP contribution is -2.40. The summed E-state index contributed by atoms with van der Waals surface area (Å²) >= 11 is 0. The fourth-order valence-electron chi connectivity index (χ4n) is 2.70. The Hall–Kier alpha value is -0.530. The Morgan fingerprint density at radius 1 is 1.50 bits per heavy atom. The molecule has 2 nitrogen and oxygen atoms in total. The van der Waals surface area contributed by atoms with Crippen LogP contribution in [-0.2, 0) is 4.79 Å². The minimum atomic E-state index is 0.265. The first-order chi connectivity index (χ1) is 5.61. The number of carbonyl (C=O) groups excluding carboxylic acids is 1. The van der Waals surface area contributed by atoms with Crippen LogP contribution in [0.25, 0.3) is 0 Å². The Morgan fingerprint density at radius 3 is 2.58 bits per heavy atom. The first kappa shape index (κ1) is 8.09. The van der Waals surface area contributed by atoms with Gasteiger partial charge in [0.25, 0.3) is 0 Å². The molecule has 2 aliphatic rings. The van der Waals surface area contributed by atoms with Gasteiger partial charge in [-0.3, -0.25) is 4.79 Å². The van der Waals surface area contributed by atoms with Gasteiger partial charge in [0.2, 0.25) is 5.91 Å². The standard InChI is InChI=1S/C10H17NO/c1-6(2)10-9-4-8(9)5-11(10)7(3)12/h6,8-10H,4-5H2,1-3H3. The summed E-state index contributed by atoms with van der Waals surface area (Å²) in [5.41, 5.74) is 0. The van der Waals surface area contributed by atoms with Crippen LogP contribution < -0.4 is 0 Å². The number of amides is 1. The van der Waals surface area contributed by atoms with Gasteiger partial charge in [-0.25, -0.2) is 0 Å². The van der Waals surface area contributed by atoms with Gasteiger partial charge in [-0.15, -0.1) is 0 Å². The van der Waals surface area contributed by atoms with Gasteiger partial charge in [0.05, 0.1) is 0 Å². The lowest BCUT2D eigenvalue weighted by Gasteiger charge is -2.29. The van der Waals surface area contributed by atoms with Crippen molar-refractivity contribution in [2.75, 3.05) is 6.54 Å². The Kier molecular flexibility index (Phi) is 1.67. The molecule has 1 heterocycles. The average Bonchev–Trinajstić information content (AvgIpc) is 2.60. The summed E-state index contributed by atoms with van der Waals surface area (Å²) in [6, 6.07) is 0.549. The predicted octanol–water partition coefficient (Wildman–Crippen LogP) is 1.51. The van der Waals surface area contributed by atoms with E-state index in [4.69, 9.17) is 0 Å². The molecule has 0 bridgehead atoms. The molecule has 1 saturated carbocycles. The van der Waals surface area contributed by atoms with Crippen LogP contribution in [0.15, 0.2) is 0 Å². The molecular formula is C10H17NO. The maximum atomic E-state index is 11.3. The number of carbonyl (C=O) groups is 1. The van der Waals surface area contributed by atoms with Crippen LogP contribution >= 0.6 is 0 Å². The van der Waals surface area contributed by atoms with E-state index in [9.17, 15) is 4.79 Å². The number of likely N-dealkylation sites (tertiary alicyclic amines) is 1. The summed E-state index contributed by atoms with van der Waals surface area (Å²) in [7, 11) is 0. The minimum Gasteiger partial charge on any atom is -0.339 e. The maximum absolute atomic E-state index is 11.3. The summed E-state index contributed by atoms with van der Waals surface area (Å²) in [4.78, 5) is 13.3. The molecule has 0 spiro atoms. The second-order valence-corrected chi connectivity index (χ2v) is 4.57. The molecule has 0 aromatic carbocycles. The molecule has 1 aliphatic heterocycles. The average molecular weight is 167 g/mol. The van der Waals surface area contributed by atoms with Crippen molar-refractivity contribution < 1.29 is 4.79 Å². The van der Waals surface area contributed by atoms with Crippen LogP contribution in [-0.4, -0.2) is 23.4 Å². The molecule has 0 aromatic heterocycles. The van der Waals surface area contributed by atoms with Gasteiger partial charge in [-0.2, -0.15) is 0 Å². The largest absolute Gasteiger partial charge is 0.339 e. The molecule has 3 unspecified atom stereocenters. The molecule has 68 valence electrons. The van der Waals surface area contributed by atoms with Crippen molar-refractivity contribution in [3.8, 4) is 0 Å². The van der Waals surface area contributed by atoms with Gasteiger partial charge in [0.15, 0.2) is 0 Å². The normalized spacial score (nSPS) is 38.7. The fraction of sp³-hybridized carbons (Fsp3) is 0.900. The number of hydrogen-bond acceptors (Lipinski definition) is 1. The smallest absolute Gasteiger partial charge is 0.219 e. The molecule has 1 saturated heterocycles.